The van der Waals surface area contributed by atoms with E-state index in [0.717, 1.165) is 17.7 Å². The molecule has 1 N–H and O–H groups in total. The minimum atomic E-state index is 0.400. The number of halogens is 2. The van der Waals surface area contributed by atoms with Crippen LogP contribution in [0.3, 0.4) is 0 Å². The third kappa shape index (κ3) is 5.31. The Kier molecular flexibility index (Phi) is 6.58. The molecule has 0 saturated carbocycles. The summed E-state index contributed by atoms with van der Waals surface area (Å²) in [4.78, 5) is 0. The van der Waals surface area contributed by atoms with Crippen molar-refractivity contribution in [3.63, 3.8) is 0 Å². The van der Waals surface area contributed by atoms with Crippen molar-refractivity contribution in [1.29, 1.82) is 0 Å². The highest BCUT2D eigenvalue weighted by Gasteiger charge is 2.12. The Morgan fingerprint density at radius 2 is 1.74 bits per heavy atom. The lowest BCUT2D eigenvalue weighted by atomic mass is 10.2. The fraction of sp³-hybridized carbons (Fsp3) is 0.333. The molecule has 0 aliphatic heterocycles. The number of hydrogen-bond acceptors (Lipinski definition) is 3. The summed E-state index contributed by atoms with van der Waals surface area (Å²) in [6, 6.07) is 11.8. The second-order valence-corrected chi connectivity index (χ2v) is 6.40. The average molecular weight is 354 g/mol. The topological polar surface area (TPSA) is 30.5 Å². The molecule has 0 aliphatic carbocycles. The van der Waals surface area contributed by atoms with Gasteiger partial charge in [0.1, 0.15) is 6.61 Å². The molecule has 23 heavy (non-hydrogen) atoms. The zero-order chi connectivity index (χ0) is 16.8. The summed E-state index contributed by atoms with van der Waals surface area (Å²) in [6.45, 7) is 5.33. The van der Waals surface area contributed by atoms with Gasteiger partial charge in [-0.25, -0.2) is 0 Å². The molecule has 0 atom stereocenters. The van der Waals surface area contributed by atoms with Crippen LogP contribution in [0, 0.1) is 0 Å². The molecule has 0 amide bonds. The van der Waals surface area contributed by atoms with E-state index in [1.807, 2.05) is 36.4 Å². The first kappa shape index (κ1) is 17.9. The van der Waals surface area contributed by atoms with Gasteiger partial charge in [-0.15, -0.1) is 0 Å². The van der Waals surface area contributed by atoms with Crippen molar-refractivity contribution in [3.8, 4) is 11.5 Å². The molecule has 0 bridgehead atoms. The monoisotopic (exact) mass is 353 g/mol. The normalized spacial score (nSPS) is 10.9. The molecule has 0 heterocycles. The summed E-state index contributed by atoms with van der Waals surface area (Å²) in [5.74, 6) is 1.18. The third-order valence-electron chi connectivity index (χ3n) is 3.30. The van der Waals surface area contributed by atoms with Crippen LogP contribution in [0.25, 0.3) is 0 Å². The van der Waals surface area contributed by atoms with Crippen LogP contribution >= 0.6 is 23.2 Å². The summed E-state index contributed by atoms with van der Waals surface area (Å²) in [5, 5.41) is 4.60. The van der Waals surface area contributed by atoms with Gasteiger partial charge in [0.05, 0.1) is 12.1 Å². The van der Waals surface area contributed by atoms with Crippen molar-refractivity contribution < 1.29 is 9.47 Å². The van der Waals surface area contributed by atoms with Gasteiger partial charge in [0, 0.05) is 17.6 Å². The fourth-order valence-corrected chi connectivity index (χ4v) is 2.49. The largest absolute Gasteiger partial charge is 0.493 e. The first-order valence-electron chi connectivity index (χ1n) is 7.46. The Hall–Kier alpha value is -1.42. The molecule has 0 fully saturated rings. The van der Waals surface area contributed by atoms with Crippen LogP contribution in [0.1, 0.15) is 25.0 Å². The van der Waals surface area contributed by atoms with E-state index in [4.69, 9.17) is 32.7 Å². The van der Waals surface area contributed by atoms with Crippen LogP contribution in [-0.4, -0.2) is 13.2 Å². The number of ether oxygens (including phenoxy) is 2. The minimum absolute atomic E-state index is 0.400. The van der Waals surface area contributed by atoms with E-state index in [1.54, 1.807) is 7.11 Å². The zero-order valence-electron chi connectivity index (χ0n) is 13.5. The number of hydrogen-bond donors (Lipinski definition) is 1. The van der Waals surface area contributed by atoms with E-state index in [0.29, 0.717) is 34.2 Å². The maximum absolute atomic E-state index is 6.37. The Bertz CT molecular complexity index is 642. The van der Waals surface area contributed by atoms with Gasteiger partial charge >= 0.3 is 0 Å². The molecule has 0 aliphatic rings. The third-order valence-corrected chi connectivity index (χ3v) is 3.83. The number of benzene rings is 2. The zero-order valence-corrected chi connectivity index (χ0v) is 15.0. The Morgan fingerprint density at radius 1 is 1.04 bits per heavy atom. The molecule has 2 rings (SSSR count). The smallest absolute Gasteiger partial charge is 0.180 e. The quantitative estimate of drug-likeness (QED) is 0.752. The van der Waals surface area contributed by atoms with Gasteiger partial charge in [-0.3, -0.25) is 0 Å². The Morgan fingerprint density at radius 3 is 2.35 bits per heavy atom. The van der Waals surface area contributed by atoms with Crippen LogP contribution in [0.15, 0.2) is 36.4 Å². The van der Waals surface area contributed by atoms with Gasteiger partial charge in [-0.2, -0.15) is 0 Å². The van der Waals surface area contributed by atoms with E-state index >= 15 is 0 Å². The molecule has 0 aromatic heterocycles. The molecule has 0 saturated heterocycles. The predicted molar refractivity (Wildman–Crippen MR) is 95.8 cm³/mol. The lowest BCUT2D eigenvalue weighted by Gasteiger charge is -2.15. The van der Waals surface area contributed by atoms with Crippen molar-refractivity contribution >= 4 is 23.2 Å². The van der Waals surface area contributed by atoms with Crippen LogP contribution in [0.4, 0.5) is 0 Å². The molecular weight excluding hydrogens is 333 g/mol. The van der Waals surface area contributed by atoms with Crippen molar-refractivity contribution in [2.45, 2.75) is 33.0 Å². The van der Waals surface area contributed by atoms with Crippen LogP contribution in [0.5, 0.6) is 11.5 Å². The van der Waals surface area contributed by atoms with Gasteiger partial charge in [-0.1, -0.05) is 49.2 Å². The highest BCUT2D eigenvalue weighted by Crippen LogP contribution is 2.37. The van der Waals surface area contributed by atoms with Gasteiger partial charge in [0.15, 0.2) is 11.5 Å². The molecule has 0 radical (unpaired) electrons. The van der Waals surface area contributed by atoms with Crippen molar-refractivity contribution in [2.75, 3.05) is 7.11 Å². The summed E-state index contributed by atoms with van der Waals surface area (Å²) >= 11 is 12.2. The summed E-state index contributed by atoms with van der Waals surface area (Å²) in [6.07, 6.45) is 0. The average Bonchev–Trinajstić information content (AvgIpc) is 2.53. The summed E-state index contributed by atoms with van der Waals surface area (Å²) in [7, 11) is 1.61. The number of methoxy groups -OCH3 is 1. The maximum atomic E-state index is 6.37. The van der Waals surface area contributed by atoms with Crippen molar-refractivity contribution in [1.82, 2.24) is 5.32 Å². The lowest BCUT2D eigenvalue weighted by Crippen LogP contribution is -2.21. The summed E-state index contributed by atoms with van der Waals surface area (Å²) in [5.41, 5.74) is 2.07. The predicted octanol–water partition coefficient (Wildman–Crippen LogP) is 5.08. The Balaban J connectivity index is 2.12. The summed E-state index contributed by atoms with van der Waals surface area (Å²) < 4.78 is 11.3. The van der Waals surface area contributed by atoms with E-state index in [9.17, 15) is 0 Å². The highest BCUT2D eigenvalue weighted by atomic mass is 35.5. The molecular formula is C18H21Cl2NO2. The van der Waals surface area contributed by atoms with Gasteiger partial charge < -0.3 is 14.8 Å². The van der Waals surface area contributed by atoms with Gasteiger partial charge in [-0.05, 0) is 35.4 Å². The van der Waals surface area contributed by atoms with Gasteiger partial charge in [0.25, 0.3) is 0 Å². The van der Waals surface area contributed by atoms with Crippen LogP contribution < -0.4 is 14.8 Å². The molecule has 3 nitrogen and oxygen atoms in total. The second kappa shape index (κ2) is 8.44. The molecule has 2 aromatic rings. The van der Waals surface area contributed by atoms with Crippen molar-refractivity contribution in [2.24, 2.45) is 0 Å². The minimum Gasteiger partial charge on any atom is -0.493 e. The molecule has 0 unspecified atom stereocenters. The van der Waals surface area contributed by atoms with E-state index in [-0.39, 0.29) is 0 Å². The number of nitrogens with one attached hydrogen (secondary N) is 1. The SMILES string of the molecule is COc1cc(CNC(C)C)cc(Cl)c1OCc1ccc(Cl)cc1. The number of rotatable bonds is 7. The first-order valence-corrected chi connectivity index (χ1v) is 8.22. The van der Waals surface area contributed by atoms with Crippen LogP contribution in [-0.2, 0) is 13.2 Å². The van der Waals surface area contributed by atoms with Crippen molar-refractivity contribution in [3.05, 3.63) is 57.6 Å². The first-order chi connectivity index (χ1) is 11.0. The molecule has 2 aromatic carbocycles. The van der Waals surface area contributed by atoms with E-state index in [1.165, 1.54) is 0 Å². The van der Waals surface area contributed by atoms with E-state index < -0.39 is 0 Å². The molecule has 5 heteroatoms. The molecule has 124 valence electrons. The second-order valence-electron chi connectivity index (χ2n) is 5.56. The molecule has 0 spiro atoms. The van der Waals surface area contributed by atoms with Gasteiger partial charge in [0.2, 0.25) is 0 Å². The van der Waals surface area contributed by atoms with Crippen LogP contribution in [0.2, 0.25) is 10.0 Å². The fourth-order valence-electron chi connectivity index (χ4n) is 2.07. The maximum Gasteiger partial charge on any atom is 0.180 e. The highest BCUT2D eigenvalue weighted by molar-refractivity contribution is 6.32. The standard InChI is InChI=1S/C18H21Cl2NO2/c1-12(2)21-10-14-8-16(20)18(17(9-14)22-3)23-11-13-4-6-15(19)7-5-13/h4-9,12,21H,10-11H2,1-3H3. The Labute approximate surface area is 147 Å². The van der Waals surface area contributed by atoms with E-state index in [2.05, 4.69) is 19.2 Å². The lowest BCUT2D eigenvalue weighted by molar-refractivity contribution is 0.284.